The number of aliphatic hydroxyl groups is 1. The van der Waals surface area contributed by atoms with E-state index in [1.165, 1.54) is 25.5 Å². The highest BCUT2D eigenvalue weighted by molar-refractivity contribution is 6.60. The fourth-order valence-corrected chi connectivity index (χ4v) is 1.35. The van der Waals surface area contributed by atoms with Crippen LogP contribution in [0.5, 0.6) is 0 Å². The number of amides is 1. The van der Waals surface area contributed by atoms with Gasteiger partial charge < -0.3 is 20.1 Å². The Hall–Kier alpha value is -1.44. The van der Waals surface area contributed by atoms with E-state index < -0.39 is 18.3 Å². The van der Waals surface area contributed by atoms with Crippen LogP contribution in [0.25, 0.3) is 0 Å². The minimum Gasteiger partial charge on any atom is -0.423 e. The summed E-state index contributed by atoms with van der Waals surface area (Å²) in [4.78, 5) is 15.4. The molecule has 0 aliphatic carbocycles. The summed E-state index contributed by atoms with van der Waals surface area (Å²) in [6, 6.07) is 1.50. The SMILES string of the molecule is CNC(=O)c1cncc(B(O)OC(C)(C)C(C)(C)O)c1. The topological polar surface area (TPSA) is 91.7 Å². The van der Waals surface area contributed by atoms with Gasteiger partial charge in [0.2, 0.25) is 0 Å². The van der Waals surface area contributed by atoms with Crippen LogP contribution < -0.4 is 10.8 Å². The van der Waals surface area contributed by atoms with Crippen LogP contribution in [0, 0.1) is 0 Å². The standard InChI is InChI=1S/C13H21BN2O4/c1-12(2,18)13(3,4)20-14(19)10-6-9(7-16-8-10)11(17)15-5/h6-8,18-19H,1-5H3,(H,15,17). The molecule has 110 valence electrons. The molecule has 1 aromatic heterocycles. The summed E-state index contributed by atoms with van der Waals surface area (Å²) < 4.78 is 5.49. The first-order valence-electron chi connectivity index (χ1n) is 6.34. The maximum absolute atomic E-state index is 11.5. The Morgan fingerprint density at radius 1 is 1.35 bits per heavy atom. The molecular weight excluding hydrogens is 259 g/mol. The summed E-state index contributed by atoms with van der Waals surface area (Å²) >= 11 is 0. The molecule has 0 radical (unpaired) electrons. The van der Waals surface area contributed by atoms with Gasteiger partial charge in [-0.3, -0.25) is 9.78 Å². The van der Waals surface area contributed by atoms with Gasteiger partial charge >= 0.3 is 7.12 Å². The van der Waals surface area contributed by atoms with Gasteiger partial charge in [0, 0.05) is 24.9 Å². The molecule has 0 aliphatic heterocycles. The number of nitrogens with zero attached hydrogens (tertiary/aromatic N) is 1. The quantitative estimate of drug-likeness (QED) is 0.644. The van der Waals surface area contributed by atoms with Gasteiger partial charge in [0.05, 0.1) is 16.8 Å². The van der Waals surface area contributed by atoms with E-state index in [0.29, 0.717) is 11.0 Å². The third-order valence-electron chi connectivity index (χ3n) is 3.41. The number of hydrogen-bond acceptors (Lipinski definition) is 5. The van der Waals surface area contributed by atoms with Crippen LogP contribution >= 0.6 is 0 Å². The number of hydrogen-bond donors (Lipinski definition) is 3. The van der Waals surface area contributed by atoms with Crippen LogP contribution in [0.3, 0.4) is 0 Å². The zero-order valence-corrected chi connectivity index (χ0v) is 12.5. The Kier molecular flexibility index (Phi) is 4.91. The van der Waals surface area contributed by atoms with E-state index in [1.54, 1.807) is 27.7 Å². The highest BCUT2D eigenvalue weighted by Crippen LogP contribution is 2.25. The molecule has 1 amide bonds. The Morgan fingerprint density at radius 2 is 1.95 bits per heavy atom. The van der Waals surface area contributed by atoms with Crippen molar-refractivity contribution in [2.45, 2.75) is 38.9 Å². The van der Waals surface area contributed by atoms with Gasteiger partial charge in [-0.15, -0.1) is 0 Å². The molecule has 3 N–H and O–H groups in total. The molecule has 6 nitrogen and oxygen atoms in total. The predicted molar refractivity (Wildman–Crippen MR) is 76.7 cm³/mol. The fourth-order valence-electron chi connectivity index (χ4n) is 1.35. The number of rotatable bonds is 5. The molecule has 0 bridgehead atoms. The summed E-state index contributed by atoms with van der Waals surface area (Å²) in [6.07, 6.45) is 2.81. The van der Waals surface area contributed by atoms with Crippen LogP contribution in [-0.2, 0) is 4.65 Å². The molecule has 1 aromatic rings. The van der Waals surface area contributed by atoms with Crippen molar-refractivity contribution < 1.29 is 19.6 Å². The van der Waals surface area contributed by atoms with Crippen molar-refractivity contribution in [3.05, 3.63) is 24.0 Å². The lowest BCUT2D eigenvalue weighted by atomic mass is 9.77. The summed E-state index contributed by atoms with van der Waals surface area (Å²) in [5.41, 5.74) is -1.44. The largest absolute Gasteiger partial charge is 0.493 e. The van der Waals surface area contributed by atoms with E-state index in [9.17, 15) is 14.9 Å². The third-order valence-corrected chi connectivity index (χ3v) is 3.41. The van der Waals surface area contributed by atoms with Gasteiger partial charge in [-0.25, -0.2) is 0 Å². The molecule has 1 heterocycles. The summed E-state index contributed by atoms with van der Waals surface area (Å²) in [5.74, 6) is -0.298. The fraction of sp³-hybridized carbons (Fsp3) is 0.538. The Balaban J connectivity index is 2.93. The molecule has 0 aliphatic rings. The maximum Gasteiger partial charge on any atom is 0.493 e. The molecular formula is C13H21BN2O4. The van der Waals surface area contributed by atoms with Crippen molar-refractivity contribution >= 4 is 18.5 Å². The molecule has 0 atom stereocenters. The molecule has 0 unspecified atom stereocenters. The first-order valence-corrected chi connectivity index (χ1v) is 6.34. The van der Waals surface area contributed by atoms with Gasteiger partial charge in [0.15, 0.2) is 0 Å². The first-order chi connectivity index (χ1) is 9.08. The molecule has 0 aromatic carbocycles. The second-order valence-corrected chi connectivity index (χ2v) is 5.63. The van der Waals surface area contributed by atoms with Crippen molar-refractivity contribution in [1.82, 2.24) is 10.3 Å². The summed E-state index contributed by atoms with van der Waals surface area (Å²) in [5, 5.41) is 22.6. The average molecular weight is 280 g/mol. The summed E-state index contributed by atoms with van der Waals surface area (Å²) in [7, 11) is 0.229. The van der Waals surface area contributed by atoms with Crippen LogP contribution in [0.1, 0.15) is 38.1 Å². The molecule has 0 fully saturated rings. The van der Waals surface area contributed by atoms with Gasteiger partial charge in [0.1, 0.15) is 0 Å². The van der Waals surface area contributed by atoms with Crippen molar-refractivity contribution in [2.24, 2.45) is 0 Å². The lowest BCUT2D eigenvalue weighted by Crippen LogP contribution is -2.53. The van der Waals surface area contributed by atoms with E-state index >= 15 is 0 Å². The molecule has 0 saturated carbocycles. The maximum atomic E-state index is 11.5. The van der Waals surface area contributed by atoms with Crippen molar-refractivity contribution in [3.63, 3.8) is 0 Å². The highest BCUT2D eigenvalue weighted by Gasteiger charge is 2.39. The van der Waals surface area contributed by atoms with Crippen molar-refractivity contribution in [2.75, 3.05) is 7.05 Å². The summed E-state index contributed by atoms with van der Waals surface area (Å²) in [6.45, 7) is 6.54. The minimum absolute atomic E-state index is 0.298. The molecule has 0 spiro atoms. The minimum atomic E-state index is -1.28. The number of carbonyl (C=O) groups excluding carboxylic acids is 1. The smallest absolute Gasteiger partial charge is 0.423 e. The van der Waals surface area contributed by atoms with Crippen molar-refractivity contribution in [3.8, 4) is 0 Å². The monoisotopic (exact) mass is 280 g/mol. The molecule has 20 heavy (non-hydrogen) atoms. The van der Waals surface area contributed by atoms with E-state index in [0.717, 1.165) is 0 Å². The van der Waals surface area contributed by atoms with E-state index in [1.807, 2.05) is 0 Å². The number of nitrogens with one attached hydrogen (secondary N) is 1. The van der Waals surface area contributed by atoms with Gasteiger partial charge in [0.25, 0.3) is 5.91 Å². The van der Waals surface area contributed by atoms with E-state index in [4.69, 9.17) is 4.65 Å². The zero-order chi connectivity index (χ0) is 15.6. The Morgan fingerprint density at radius 3 is 2.45 bits per heavy atom. The van der Waals surface area contributed by atoms with Gasteiger partial charge in [-0.2, -0.15) is 0 Å². The molecule has 1 rings (SSSR count). The highest BCUT2D eigenvalue weighted by atomic mass is 16.5. The van der Waals surface area contributed by atoms with E-state index in [2.05, 4.69) is 10.3 Å². The van der Waals surface area contributed by atoms with Crippen molar-refractivity contribution in [1.29, 1.82) is 0 Å². The van der Waals surface area contributed by atoms with Crippen LogP contribution in [0.4, 0.5) is 0 Å². The number of carbonyl (C=O) groups is 1. The number of aromatic nitrogens is 1. The predicted octanol–water partition coefficient (Wildman–Crippen LogP) is -0.305. The van der Waals surface area contributed by atoms with Crippen LogP contribution in [-0.4, -0.2) is 46.4 Å². The average Bonchev–Trinajstić information content (AvgIpc) is 2.36. The van der Waals surface area contributed by atoms with Gasteiger partial charge in [-0.1, -0.05) is 0 Å². The zero-order valence-electron chi connectivity index (χ0n) is 12.5. The number of pyridine rings is 1. The third kappa shape index (κ3) is 3.78. The second kappa shape index (κ2) is 5.91. The normalized spacial score (nSPS) is 12.2. The van der Waals surface area contributed by atoms with Gasteiger partial charge in [-0.05, 0) is 33.8 Å². The van der Waals surface area contributed by atoms with E-state index in [-0.39, 0.29) is 5.91 Å². The Bertz CT molecular complexity index is 486. The van der Waals surface area contributed by atoms with Crippen LogP contribution in [0.2, 0.25) is 0 Å². The van der Waals surface area contributed by atoms with Crippen LogP contribution in [0.15, 0.2) is 18.5 Å². The second-order valence-electron chi connectivity index (χ2n) is 5.63. The lowest BCUT2D eigenvalue weighted by molar-refractivity contribution is -0.0982. The first kappa shape index (κ1) is 16.6. The molecule has 0 saturated heterocycles. The lowest BCUT2D eigenvalue weighted by Gasteiger charge is -2.38. The molecule has 7 heteroatoms. The Labute approximate surface area is 119 Å².